The predicted octanol–water partition coefficient (Wildman–Crippen LogP) is 2.58. The van der Waals surface area contributed by atoms with E-state index in [1.807, 2.05) is 26.0 Å². The van der Waals surface area contributed by atoms with Crippen LogP contribution in [0.4, 0.5) is 0 Å². The maximum Gasteiger partial charge on any atom is 0.275 e. The molecule has 1 saturated carbocycles. The maximum atomic E-state index is 12.7. The van der Waals surface area contributed by atoms with E-state index in [4.69, 9.17) is 4.74 Å². The molecule has 0 unspecified atom stereocenters. The fourth-order valence-electron chi connectivity index (χ4n) is 3.10. The number of rotatable bonds is 5. The van der Waals surface area contributed by atoms with Crippen LogP contribution in [0.5, 0.6) is 0 Å². The lowest BCUT2D eigenvalue weighted by molar-refractivity contribution is -0.124. The molecule has 1 aliphatic carbocycles. The Bertz CT molecular complexity index is 857. The number of fused-ring (bicyclic) bond motifs is 1. The lowest BCUT2D eigenvalue weighted by Crippen LogP contribution is -2.49. The van der Waals surface area contributed by atoms with Crippen LogP contribution in [-0.2, 0) is 16.1 Å². The van der Waals surface area contributed by atoms with Crippen molar-refractivity contribution < 1.29 is 9.53 Å². The Kier molecular flexibility index (Phi) is 5.24. The molecule has 1 amide bonds. The third kappa shape index (κ3) is 3.77. The van der Waals surface area contributed by atoms with E-state index in [1.54, 1.807) is 13.2 Å². The molecule has 0 radical (unpaired) electrons. The molecule has 0 spiro atoms. The van der Waals surface area contributed by atoms with Gasteiger partial charge in [0, 0.05) is 23.0 Å². The number of nitrogens with one attached hydrogen (secondary N) is 1. The van der Waals surface area contributed by atoms with Crippen LogP contribution >= 0.6 is 15.9 Å². The molecule has 6 nitrogen and oxygen atoms in total. The molecule has 0 saturated heterocycles. The number of hydrogen-bond acceptors (Lipinski definition) is 4. The summed E-state index contributed by atoms with van der Waals surface area (Å²) in [7, 11) is 1.67. The number of carbonyl (C=O) groups is 1. The third-order valence-corrected chi connectivity index (χ3v) is 5.08. The molecular formula is C18H22BrN3O3. The molecular weight excluding hydrogens is 386 g/mol. The normalized spacial score (nSPS) is 19.9. The van der Waals surface area contributed by atoms with Gasteiger partial charge < -0.3 is 10.1 Å². The molecule has 2 aromatic rings. The van der Waals surface area contributed by atoms with E-state index in [1.165, 1.54) is 4.68 Å². The summed E-state index contributed by atoms with van der Waals surface area (Å²) < 4.78 is 7.38. The molecule has 0 atom stereocenters. The minimum Gasteiger partial charge on any atom is -0.381 e. The highest BCUT2D eigenvalue weighted by molar-refractivity contribution is 9.10. The summed E-state index contributed by atoms with van der Waals surface area (Å²) >= 11 is 3.44. The van der Waals surface area contributed by atoms with Crippen LogP contribution in [0.2, 0.25) is 0 Å². The van der Waals surface area contributed by atoms with Crippen molar-refractivity contribution in [2.45, 2.75) is 51.3 Å². The van der Waals surface area contributed by atoms with E-state index in [-0.39, 0.29) is 36.1 Å². The fourth-order valence-corrected chi connectivity index (χ4v) is 3.46. The van der Waals surface area contributed by atoms with Gasteiger partial charge in [0.2, 0.25) is 5.91 Å². The SMILES string of the molecule is COC1CC(NC(=O)Cn2nc(C(C)C)c3cc(Br)ccc3c2=O)C1. The van der Waals surface area contributed by atoms with Crippen LogP contribution in [0.3, 0.4) is 0 Å². The Balaban J connectivity index is 1.86. The van der Waals surface area contributed by atoms with Crippen molar-refractivity contribution in [3.63, 3.8) is 0 Å². The number of ether oxygens (including phenoxy) is 1. The molecule has 1 fully saturated rings. The van der Waals surface area contributed by atoms with Crippen molar-refractivity contribution in [3.05, 3.63) is 38.7 Å². The van der Waals surface area contributed by atoms with Crippen LogP contribution in [-0.4, -0.2) is 34.9 Å². The van der Waals surface area contributed by atoms with Crippen molar-refractivity contribution in [3.8, 4) is 0 Å². The van der Waals surface area contributed by atoms with Gasteiger partial charge >= 0.3 is 0 Å². The first kappa shape index (κ1) is 18.1. The van der Waals surface area contributed by atoms with Gasteiger partial charge in [-0.25, -0.2) is 4.68 Å². The Labute approximate surface area is 154 Å². The standard InChI is InChI=1S/C18H22BrN3O3/c1-10(2)17-15-6-11(19)4-5-14(15)18(24)22(21-17)9-16(23)20-12-7-13(8-12)25-3/h4-6,10,12-13H,7-9H2,1-3H3,(H,20,23). The molecule has 7 heteroatoms. The maximum absolute atomic E-state index is 12.7. The average molecular weight is 408 g/mol. The van der Waals surface area contributed by atoms with Crippen molar-refractivity contribution in [2.75, 3.05) is 7.11 Å². The largest absolute Gasteiger partial charge is 0.381 e. The minimum atomic E-state index is -0.245. The number of amides is 1. The lowest BCUT2D eigenvalue weighted by Gasteiger charge is -2.34. The Morgan fingerprint density at radius 3 is 2.76 bits per heavy atom. The molecule has 3 rings (SSSR count). The summed E-state index contributed by atoms with van der Waals surface area (Å²) in [6.07, 6.45) is 1.85. The molecule has 1 N–H and O–H groups in total. The van der Waals surface area contributed by atoms with Crippen molar-refractivity contribution in [1.29, 1.82) is 0 Å². The Morgan fingerprint density at radius 2 is 2.12 bits per heavy atom. The molecule has 0 aliphatic heterocycles. The zero-order valence-corrected chi connectivity index (χ0v) is 16.2. The number of carbonyl (C=O) groups excluding carboxylic acids is 1. The smallest absolute Gasteiger partial charge is 0.275 e. The minimum absolute atomic E-state index is 0.0707. The predicted molar refractivity (Wildman–Crippen MR) is 99.8 cm³/mol. The quantitative estimate of drug-likeness (QED) is 0.826. The van der Waals surface area contributed by atoms with Crippen LogP contribution in [0.15, 0.2) is 27.5 Å². The monoisotopic (exact) mass is 407 g/mol. The van der Waals surface area contributed by atoms with E-state index >= 15 is 0 Å². The number of aromatic nitrogens is 2. The van der Waals surface area contributed by atoms with Gasteiger partial charge in [-0.2, -0.15) is 5.10 Å². The van der Waals surface area contributed by atoms with Gasteiger partial charge in [-0.15, -0.1) is 0 Å². The zero-order valence-electron chi connectivity index (χ0n) is 14.6. The van der Waals surface area contributed by atoms with E-state index < -0.39 is 0 Å². The van der Waals surface area contributed by atoms with E-state index in [0.717, 1.165) is 28.4 Å². The van der Waals surface area contributed by atoms with Gasteiger partial charge in [0.25, 0.3) is 5.56 Å². The van der Waals surface area contributed by atoms with Gasteiger partial charge in [-0.1, -0.05) is 29.8 Å². The number of benzene rings is 1. The Morgan fingerprint density at radius 1 is 1.40 bits per heavy atom. The summed E-state index contributed by atoms with van der Waals surface area (Å²) in [4.78, 5) is 25.0. The van der Waals surface area contributed by atoms with Crippen molar-refractivity contribution >= 4 is 32.6 Å². The van der Waals surface area contributed by atoms with Crippen molar-refractivity contribution in [1.82, 2.24) is 15.1 Å². The second-order valence-corrected chi connectivity index (χ2v) is 7.70. The van der Waals surface area contributed by atoms with Gasteiger partial charge in [0.1, 0.15) is 6.54 Å². The topological polar surface area (TPSA) is 73.2 Å². The summed E-state index contributed by atoms with van der Waals surface area (Å²) in [5.74, 6) is -0.0545. The summed E-state index contributed by atoms with van der Waals surface area (Å²) in [6, 6.07) is 5.63. The summed E-state index contributed by atoms with van der Waals surface area (Å²) in [6.45, 7) is 3.98. The number of methoxy groups -OCH3 is 1. The van der Waals surface area contributed by atoms with Gasteiger partial charge in [0.05, 0.1) is 17.2 Å². The summed E-state index contributed by atoms with van der Waals surface area (Å²) in [5, 5.41) is 8.81. The highest BCUT2D eigenvalue weighted by Crippen LogP contribution is 2.25. The highest BCUT2D eigenvalue weighted by atomic mass is 79.9. The van der Waals surface area contributed by atoms with Gasteiger partial charge in [-0.3, -0.25) is 9.59 Å². The fraction of sp³-hybridized carbons (Fsp3) is 0.500. The Hall–Kier alpha value is -1.73. The van der Waals surface area contributed by atoms with E-state index in [2.05, 4.69) is 26.3 Å². The van der Waals surface area contributed by atoms with Crippen LogP contribution in [0.1, 0.15) is 38.3 Å². The molecule has 25 heavy (non-hydrogen) atoms. The highest BCUT2D eigenvalue weighted by Gasteiger charge is 2.30. The second-order valence-electron chi connectivity index (χ2n) is 6.79. The van der Waals surface area contributed by atoms with E-state index in [0.29, 0.717) is 5.39 Å². The molecule has 1 aromatic heterocycles. The van der Waals surface area contributed by atoms with Crippen LogP contribution in [0, 0.1) is 0 Å². The number of hydrogen-bond donors (Lipinski definition) is 1. The third-order valence-electron chi connectivity index (χ3n) is 4.58. The molecule has 1 heterocycles. The molecule has 1 aromatic carbocycles. The molecule has 134 valence electrons. The first-order chi connectivity index (χ1) is 11.9. The second kappa shape index (κ2) is 7.25. The lowest BCUT2D eigenvalue weighted by atomic mass is 9.89. The van der Waals surface area contributed by atoms with Crippen LogP contribution < -0.4 is 10.9 Å². The first-order valence-electron chi connectivity index (χ1n) is 8.41. The van der Waals surface area contributed by atoms with Gasteiger partial charge in [0.15, 0.2) is 0 Å². The molecule has 0 bridgehead atoms. The first-order valence-corrected chi connectivity index (χ1v) is 9.20. The number of nitrogens with zero attached hydrogens (tertiary/aromatic N) is 2. The summed E-state index contributed by atoms with van der Waals surface area (Å²) in [5.41, 5.74) is 0.567. The average Bonchev–Trinajstić information content (AvgIpc) is 2.52. The van der Waals surface area contributed by atoms with Gasteiger partial charge in [-0.05, 0) is 37.0 Å². The molecule has 1 aliphatic rings. The van der Waals surface area contributed by atoms with E-state index in [9.17, 15) is 9.59 Å². The van der Waals surface area contributed by atoms with Crippen molar-refractivity contribution in [2.24, 2.45) is 0 Å². The zero-order chi connectivity index (χ0) is 18.1. The number of halogens is 1. The van der Waals surface area contributed by atoms with Crippen LogP contribution in [0.25, 0.3) is 10.8 Å².